The molecule has 160 valence electrons. The summed E-state index contributed by atoms with van der Waals surface area (Å²) in [4.78, 5) is 39.0. The minimum Gasteiger partial charge on any atom is -0.378 e. The van der Waals surface area contributed by atoms with Crippen molar-refractivity contribution in [3.8, 4) is 0 Å². The molecule has 1 aromatic heterocycles. The van der Waals surface area contributed by atoms with Gasteiger partial charge in [-0.3, -0.25) is 14.4 Å². The van der Waals surface area contributed by atoms with E-state index in [1.807, 2.05) is 11.4 Å². The second-order valence-electron chi connectivity index (χ2n) is 6.78. The lowest BCUT2D eigenvalue weighted by molar-refractivity contribution is -0.121. The molecule has 30 heavy (non-hydrogen) atoms. The van der Waals surface area contributed by atoms with Crippen LogP contribution in [0.2, 0.25) is 5.02 Å². The molecule has 9 heteroatoms. The maximum Gasteiger partial charge on any atom is 0.226 e. The van der Waals surface area contributed by atoms with Crippen LogP contribution >= 0.6 is 22.9 Å². The van der Waals surface area contributed by atoms with Gasteiger partial charge in [-0.05, 0) is 23.6 Å². The van der Waals surface area contributed by atoms with Crippen molar-refractivity contribution in [1.29, 1.82) is 0 Å². The maximum atomic E-state index is 12.4. The summed E-state index contributed by atoms with van der Waals surface area (Å²) < 4.78 is 5.38. The normalized spacial score (nSPS) is 13.7. The van der Waals surface area contributed by atoms with Gasteiger partial charge in [0.15, 0.2) is 5.78 Å². The largest absolute Gasteiger partial charge is 0.378 e. The Hall–Kier alpha value is -2.42. The fraction of sp³-hybridized carbons (Fsp3) is 0.381. The smallest absolute Gasteiger partial charge is 0.226 e. The number of carbonyl (C=O) groups is 3. The molecule has 3 rings (SSSR count). The van der Waals surface area contributed by atoms with Gasteiger partial charge in [0.2, 0.25) is 11.8 Å². The van der Waals surface area contributed by atoms with Gasteiger partial charge in [0.05, 0.1) is 34.5 Å². The van der Waals surface area contributed by atoms with E-state index >= 15 is 0 Å². The highest BCUT2D eigenvalue weighted by Crippen LogP contribution is 2.34. The summed E-state index contributed by atoms with van der Waals surface area (Å²) >= 11 is 7.74. The Morgan fingerprint density at radius 3 is 2.57 bits per heavy atom. The molecule has 0 spiro atoms. The van der Waals surface area contributed by atoms with Crippen molar-refractivity contribution in [2.75, 3.05) is 43.1 Å². The number of anilines is 2. The topological polar surface area (TPSA) is 87.7 Å². The molecule has 0 atom stereocenters. The molecule has 2 aromatic rings. The van der Waals surface area contributed by atoms with Crippen LogP contribution in [-0.4, -0.2) is 50.4 Å². The second-order valence-corrected chi connectivity index (χ2v) is 8.14. The van der Waals surface area contributed by atoms with Gasteiger partial charge in [0.1, 0.15) is 0 Å². The zero-order valence-corrected chi connectivity index (χ0v) is 18.1. The van der Waals surface area contributed by atoms with E-state index in [0.717, 1.165) is 5.69 Å². The van der Waals surface area contributed by atoms with Crippen LogP contribution in [0.25, 0.3) is 0 Å². The number of nitrogens with zero attached hydrogens (tertiary/aromatic N) is 1. The number of benzene rings is 1. The van der Waals surface area contributed by atoms with Gasteiger partial charge < -0.3 is 20.3 Å². The van der Waals surface area contributed by atoms with Gasteiger partial charge in [-0.25, -0.2) is 0 Å². The van der Waals surface area contributed by atoms with Crippen LogP contribution in [0.1, 0.15) is 28.9 Å². The van der Waals surface area contributed by atoms with Crippen LogP contribution in [0.15, 0.2) is 35.7 Å². The predicted octanol–water partition coefficient (Wildman–Crippen LogP) is 3.35. The maximum absolute atomic E-state index is 12.4. The highest BCUT2D eigenvalue weighted by Gasteiger charge is 2.19. The van der Waals surface area contributed by atoms with Crippen LogP contribution in [0.3, 0.4) is 0 Å². The van der Waals surface area contributed by atoms with E-state index < -0.39 is 0 Å². The molecule has 2 N–H and O–H groups in total. The quantitative estimate of drug-likeness (QED) is 0.573. The van der Waals surface area contributed by atoms with E-state index in [9.17, 15) is 14.4 Å². The predicted molar refractivity (Wildman–Crippen MR) is 119 cm³/mol. The Labute approximate surface area is 184 Å². The average molecular weight is 450 g/mol. The van der Waals surface area contributed by atoms with E-state index in [-0.39, 0.29) is 43.4 Å². The molecular weight excluding hydrogens is 426 g/mol. The first-order valence-corrected chi connectivity index (χ1v) is 11.0. The summed E-state index contributed by atoms with van der Waals surface area (Å²) in [5, 5.41) is 7.97. The number of halogens is 1. The Morgan fingerprint density at radius 1 is 1.03 bits per heavy atom. The Bertz CT molecular complexity index is 882. The SMILES string of the molecule is O=C(CCC(=O)c1cccs1)NCCC(=O)Nc1cccc(Cl)c1N1CCOCC1. The van der Waals surface area contributed by atoms with Crippen molar-refractivity contribution in [3.63, 3.8) is 0 Å². The highest BCUT2D eigenvalue weighted by atomic mass is 35.5. The molecule has 7 nitrogen and oxygen atoms in total. The molecule has 1 aliphatic rings. The van der Waals surface area contributed by atoms with E-state index in [1.54, 1.807) is 24.3 Å². The molecule has 0 aliphatic carbocycles. The first-order chi connectivity index (χ1) is 14.5. The fourth-order valence-electron chi connectivity index (χ4n) is 3.13. The third kappa shape index (κ3) is 6.29. The number of morpholine rings is 1. The summed E-state index contributed by atoms with van der Waals surface area (Å²) in [6.45, 7) is 2.82. The van der Waals surface area contributed by atoms with Gasteiger partial charge in [-0.2, -0.15) is 0 Å². The van der Waals surface area contributed by atoms with E-state index in [1.165, 1.54) is 11.3 Å². The summed E-state index contributed by atoms with van der Waals surface area (Å²) in [6, 6.07) is 8.94. The number of nitrogens with one attached hydrogen (secondary N) is 2. The Morgan fingerprint density at radius 2 is 1.83 bits per heavy atom. The third-order valence-corrected chi connectivity index (χ3v) is 5.85. The second kappa shape index (κ2) is 11.1. The number of rotatable bonds is 9. The number of hydrogen-bond acceptors (Lipinski definition) is 6. The zero-order valence-electron chi connectivity index (χ0n) is 16.5. The highest BCUT2D eigenvalue weighted by molar-refractivity contribution is 7.12. The van der Waals surface area contributed by atoms with Gasteiger partial charge >= 0.3 is 0 Å². The van der Waals surface area contributed by atoms with Gasteiger partial charge in [-0.1, -0.05) is 23.7 Å². The van der Waals surface area contributed by atoms with Crippen LogP contribution in [0.5, 0.6) is 0 Å². The van der Waals surface area contributed by atoms with Crippen molar-refractivity contribution < 1.29 is 19.1 Å². The zero-order chi connectivity index (χ0) is 21.3. The molecule has 0 bridgehead atoms. The number of para-hydroxylation sites is 1. The van der Waals surface area contributed by atoms with Gasteiger partial charge in [0.25, 0.3) is 0 Å². The molecule has 1 aromatic carbocycles. The van der Waals surface area contributed by atoms with Gasteiger partial charge in [0, 0.05) is 38.9 Å². The van der Waals surface area contributed by atoms with Crippen LogP contribution in [-0.2, 0) is 14.3 Å². The number of hydrogen-bond donors (Lipinski definition) is 2. The molecule has 1 fully saturated rings. The third-order valence-electron chi connectivity index (χ3n) is 4.64. The lowest BCUT2D eigenvalue weighted by Gasteiger charge is -2.31. The molecule has 0 saturated carbocycles. The van der Waals surface area contributed by atoms with Gasteiger partial charge in [-0.15, -0.1) is 11.3 Å². The standard InChI is InChI=1S/C21H24ClN3O4S/c22-15-3-1-4-16(21(15)25-10-12-29-13-11-25)24-20(28)8-9-23-19(27)7-6-17(26)18-5-2-14-30-18/h1-5,14H,6-13H2,(H,23,27)(H,24,28). The van der Waals surface area contributed by atoms with Crippen molar-refractivity contribution in [1.82, 2.24) is 5.32 Å². The minimum atomic E-state index is -0.246. The summed E-state index contributed by atoms with van der Waals surface area (Å²) in [6.07, 6.45) is 0.386. The summed E-state index contributed by atoms with van der Waals surface area (Å²) in [5.74, 6) is -0.513. The Balaban J connectivity index is 1.44. The molecular formula is C21H24ClN3O4S. The summed E-state index contributed by atoms with van der Waals surface area (Å²) in [7, 11) is 0. The first kappa shape index (κ1) is 22.3. The van der Waals surface area contributed by atoms with Crippen molar-refractivity contribution >= 4 is 51.9 Å². The van der Waals surface area contributed by atoms with E-state index in [4.69, 9.17) is 16.3 Å². The molecule has 1 saturated heterocycles. The number of ether oxygens (including phenoxy) is 1. The summed E-state index contributed by atoms with van der Waals surface area (Å²) in [5.41, 5.74) is 1.43. The van der Waals surface area contributed by atoms with E-state index in [0.29, 0.717) is 41.9 Å². The lowest BCUT2D eigenvalue weighted by atomic mass is 10.2. The number of ketones is 1. The minimum absolute atomic E-state index is 0.0468. The van der Waals surface area contributed by atoms with Crippen molar-refractivity contribution in [3.05, 3.63) is 45.6 Å². The molecule has 2 amide bonds. The monoisotopic (exact) mass is 449 g/mol. The van der Waals surface area contributed by atoms with Crippen LogP contribution < -0.4 is 15.5 Å². The van der Waals surface area contributed by atoms with Crippen LogP contribution in [0, 0.1) is 0 Å². The fourth-order valence-corrected chi connectivity index (χ4v) is 4.12. The average Bonchev–Trinajstić information content (AvgIpc) is 3.28. The molecule has 1 aliphatic heterocycles. The molecule has 0 radical (unpaired) electrons. The van der Waals surface area contributed by atoms with Crippen molar-refractivity contribution in [2.45, 2.75) is 19.3 Å². The Kier molecular flexibility index (Phi) is 8.24. The number of thiophene rings is 1. The molecule has 0 unspecified atom stereocenters. The van der Waals surface area contributed by atoms with E-state index in [2.05, 4.69) is 15.5 Å². The first-order valence-electron chi connectivity index (χ1n) is 9.79. The number of amides is 2. The lowest BCUT2D eigenvalue weighted by Crippen LogP contribution is -2.37. The molecule has 2 heterocycles. The van der Waals surface area contributed by atoms with Crippen molar-refractivity contribution in [2.24, 2.45) is 0 Å². The number of carbonyl (C=O) groups excluding carboxylic acids is 3. The van der Waals surface area contributed by atoms with Crippen LogP contribution in [0.4, 0.5) is 11.4 Å². The number of Topliss-reactive ketones (excluding diaryl/α,β-unsaturated/α-hetero) is 1.